The molecule has 130 valence electrons. The van der Waals surface area contributed by atoms with Gasteiger partial charge in [-0.25, -0.2) is 9.78 Å². The summed E-state index contributed by atoms with van der Waals surface area (Å²) in [6, 6.07) is 18.0. The molecule has 26 heavy (non-hydrogen) atoms. The lowest BCUT2D eigenvalue weighted by atomic mass is 10.1. The normalized spacial score (nSPS) is 11.2. The Labute approximate surface area is 155 Å². The predicted octanol–water partition coefficient (Wildman–Crippen LogP) is 5.30. The van der Waals surface area contributed by atoms with Crippen LogP contribution in [0.15, 0.2) is 54.6 Å². The number of hydrogen-bond donors (Lipinski definition) is 1. The van der Waals surface area contributed by atoms with Crippen molar-refractivity contribution in [1.29, 1.82) is 0 Å². The van der Waals surface area contributed by atoms with E-state index in [1.165, 1.54) is 16.9 Å². The average Bonchev–Trinajstić information content (AvgIpc) is 3.19. The molecule has 0 aliphatic rings. The van der Waals surface area contributed by atoms with E-state index in [9.17, 15) is 9.90 Å². The van der Waals surface area contributed by atoms with Gasteiger partial charge in [0, 0.05) is 11.1 Å². The Kier molecular flexibility index (Phi) is 4.09. The summed E-state index contributed by atoms with van der Waals surface area (Å²) in [6.45, 7) is 4.14. The molecule has 0 saturated carbocycles. The summed E-state index contributed by atoms with van der Waals surface area (Å²) in [4.78, 5) is 17.7. The third kappa shape index (κ3) is 2.61. The molecule has 0 saturated heterocycles. The van der Waals surface area contributed by atoms with Gasteiger partial charge in [0.25, 0.3) is 0 Å². The number of thiazole rings is 1. The minimum absolute atomic E-state index is 0.323. The lowest BCUT2D eigenvalue weighted by Gasteiger charge is -2.07. The van der Waals surface area contributed by atoms with Gasteiger partial charge in [-0.15, -0.1) is 0 Å². The largest absolute Gasteiger partial charge is 0.477 e. The van der Waals surface area contributed by atoms with Crippen LogP contribution in [-0.4, -0.2) is 20.5 Å². The van der Waals surface area contributed by atoms with Gasteiger partial charge in [0.05, 0.1) is 17.1 Å². The van der Waals surface area contributed by atoms with E-state index in [0.717, 1.165) is 28.9 Å². The van der Waals surface area contributed by atoms with Gasteiger partial charge in [0.15, 0.2) is 4.96 Å². The number of fused-ring (bicyclic) bond motifs is 1. The van der Waals surface area contributed by atoms with Gasteiger partial charge >= 0.3 is 5.97 Å². The Balaban J connectivity index is 2.04. The number of aromatic nitrogens is 2. The van der Waals surface area contributed by atoms with E-state index >= 15 is 0 Å². The first kappa shape index (κ1) is 16.5. The minimum Gasteiger partial charge on any atom is -0.477 e. The molecule has 2 aromatic carbocycles. The van der Waals surface area contributed by atoms with Crippen molar-refractivity contribution in [2.75, 3.05) is 0 Å². The summed E-state index contributed by atoms with van der Waals surface area (Å²) >= 11 is 1.23. The highest BCUT2D eigenvalue weighted by atomic mass is 32.1. The van der Waals surface area contributed by atoms with E-state index in [1.54, 1.807) is 0 Å². The zero-order valence-electron chi connectivity index (χ0n) is 14.6. The van der Waals surface area contributed by atoms with E-state index in [1.807, 2.05) is 34.7 Å². The van der Waals surface area contributed by atoms with Crippen LogP contribution in [0.2, 0.25) is 0 Å². The Morgan fingerprint density at radius 2 is 1.77 bits per heavy atom. The van der Waals surface area contributed by atoms with Gasteiger partial charge in [-0.2, -0.15) is 0 Å². The Morgan fingerprint density at radius 3 is 2.38 bits per heavy atom. The van der Waals surface area contributed by atoms with Crippen molar-refractivity contribution in [3.8, 4) is 22.5 Å². The fraction of sp³-hybridized carbons (Fsp3) is 0.143. The summed E-state index contributed by atoms with van der Waals surface area (Å²) in [5, 5.41) is 9.70. The number of benzene rings is 2. The third-order valence-electron chi connectivity index (χ3n) is 4.48. The molecule has 0 atom stereocenters. The van der Waals surface area contributed by atoms with E-state index in [4.69, 9.17) is 4.98 Å². The average molecular weight is 362 g/mol. The maximum atomic E-state index is 11.8. The lowest BCUT2D eigenvalue weighted by Crippen LogP contribution is -2.00. The van der Waals surface area contributed by atoms with Crippen LogP contribution in [0.25, 0.3) is 27.5 Å². The first-order valence-corrected chi connectivity index (χ1v) is 9.31. The molecule has 5 heteroatoms. The molecule has 0 amide bonds. The highest BCUT2D eigenvalue weighted by Crippen LogP contribution is 2.36. The lowest BCUT2D eigenvalue weighted by molar-refractivity contribution is 0.0702. The van der Waals surface area contributed by atoms with Gasteiger partial charge in [-0.3, -0.25) is 4.40 Å². The van der Waals surface area contributed by atoms with Crippen molar-refractivity contribution in [2.24, 2.45) is 0 Å². The molecule has 2 aromatic heterocycles. The maximum Gasteiger partial charge on any atom is 0.348 e. The number of carbonyl (C=O) groups is 1. The van der Waals surface area contributed by atoms with E-state index < -0.39 is 5.97 Å². The molecule has 4 nitrogen and oxygen atoms in total. The first-order chi connectivity index (χ1) is 12.6. The van der Waals surface area contributed by atoms with Gasteiger partial charge in [-0.1, -0.05) is 78.4 Å². The smallest absolute Gasteiger partial charge is 0.348 e. The summed E-state index contributed by atoms with van der Waals surface area (Å²) in [6.07, 6.45) is 0.764. The Bertz CT molecular complexity index is 1090. The number of rotatable bonds is 4. The molecule has 0 unspecified atom stereocenters. The van der Waals surface area contributed by atoms with E-state index in [0.29, 0.717) is 15.5 Å². The summed E-state index contributed by atoms with van der Waals surface area (Å²) in [5.41, 5.74) is 5.81. The van der Waals surface area contributed by atoms with Gasteiger partial charge in [0.1, 0.15) is 4.88 Å². The highest BCUT2D eigenvalue weighted by Gasteiger charge is 2.24. The number of carboxylic acid groups (broad SMARTS) is 1. The molecule has 0 radical (unpaired) electrons. The number of nitrogens with zero attached hydrogens (tertiary/aromatic N) is 2. The van der Waals surface area contributed by atoms with Crippen LogP contribution in [0, 0.1) is 6.92 Å². The van der Waals surface area contributed by atoms with Gasteiger partial charge < -0.3 is 5.11 Å². The van der Waals surface area contributed by atoms with Crippen molar-refractivity contribution in [2.45, 2.75) is 20.3 Å². The second kappa shape index (κ2) is 6.42. The zero-order chi connectivity index (χ0) is 18.3. The number of aryl methyl sites for hydroxylation is 2. The number of imidazole rings is 1. The standard InChI is InChI=1S/C21H18N2O2S/c1-3-16-17(14-11-9-13(2)10-12-14)22-21-23(16)18(19(26-21)20(24)25)15-7-5-4-6-8-15/h4-12H,3H2,1-2H3,(H,24,25). The Hall–Kier alpha value is -2.92. The summed E-state index contributed by atoms with van der Waals surface area (Å²) < 4.78 is 2.01. The van der Waals surface area contributed by atoms with Crippen molar-refractivity contribution in [1.82, 2.24) is 9.38 Å². The number of aromatic carboxylic acids is 1. The van der Waals surface area contributed by atoms with E-state index in [2.05, 4.69) is 38.1 Å². The molecule has 0 aliphatic heterocycles. The van der Waals surface area contributed by atoms with Crippen molar-refractivity contribution >= 4 is 22.3 Å². The van der Waals surface area contributed by atoms with Crippen molar-refractivity contribution < 1.29 is 9.90 Å². The van der Waals surface area contributed by atoms with Gasteiger partial charge in [0.2, 0.25) is 0 Å². The maximum absolute atomic E-state index is 11.8. The van der Waals surface area contributed by atoms with Crippen molar-refractivity contribution in [3.05, 3.63) is 70.7 Å². The Morgan fingerprint density at radius 1 is 1.08 bits per heavy atom. The monoisotopic (exact) mass is 362 g/mol. The molecule has 1 N–H and O–H groups in total. The third-order valence-corrected chi connectivity index (χ3v) is 5.50. The molecule has 0 spiro atoms. The van der Waals surface area contributed by atoms with Crippen LogP contribution in [0.5, 0.6) is 0 Å². The van der Waals surface area contributed by atoms with Crippen LogP contribution in [-0.2, 0) is 6.42 Å². The molecular formula is C21H18N2O2S. The second-order valence-corrected chi connectivity index (χ2v) is 7.17. The van der Waals surface area contributed by atoms with Crippen molar-refractivity contribution in [3.63, 3.8) is 0 Å². The first-order valence-electron chi connectivity index (χ1n) is 8.50. The van der Waals surface area contributed by atoms with Crippen LogP contribution in [0.4, 0.5) is 0 Å². The minimum atomic E-state index is -0.918. The van der Waals surface area contributed by atoms with E-state index in [-0.39, 0.29) is 0 Å². The van der Waals surface area contributed by atoms with Crippen LogP contribution in [0.1, 0.15) is 27.9 Å². The zero-order valence-corrected chi connectivity index (χ0v) is 15.4. The molecule has 4 aromatic rings. The summed E-state index contributed by atoms with van der Waals surface area (Å²) in [7, 11) is 0. The summed E-state index contributed by atoms with van der Waals surface area (Å²) in [5.74, 6) is -0.918. The topological polar surface area (TPSA) is 54.6 Å². The second-order valence-electron chi connectivity index (χ2n) is 6.20. The molecular weight excluding hydrogens is 344 g/mol. The number of carboxylic acids is 1. The molecule has 2 heterocycles. The fourth-order valence-electron chi connectivity index (χ4n) is 3.24. The molecule has 4 rings (SSSR count). The predicted molar refractivity (Wildman–Crippen MR) is 105 cm³/mol. The fourth-order valence-corrected chi connectivity index (χ4v) is 4.25. The quantitative estimate of drug-likeness (QED) is 0.536. The molecule has 0 bridgehead atoms. The van der Waals surface area contributed by atoms with Crippen LogP contribution in [0.3, 0.4) is 0 Å². The SMILES string of the molecule is CCc1c(-c2ccc(C)cc2)nc2sc(C(=O)O)c(-c3ccccc3)n12. The van der Waals surface area contributed by atoms with Crippen LogP contribution < -0.4 is 0 Å². The van der Waals surface area contributed by atoms with Gasteiger partial charge in [-0.05, 0) is 13.3 Å². The molecule has 0 fully saturated rings. The van der Waals surface area contributed by atoms with Crippen LogP contribution >= 0.6 is 11.3 Å². The number of hydrogen-bond acceptors (Lipinski definition) is 3. The highest BCUT2D eigenvalue weighted by molar-refractivity contribution is 7.19. The molecule has 0 aliphatic carbocycles.